The average Bonchev–Trinajstić information content (AvgIpc) is 2.84. The summed E-state index contributed by atoms with van der Waals surface area (Å²) in [5.41, 5.74) is 4.40. The van der Waals surface area contributed by atoms with Gasteiger partial charge in [-0.2, -0.15) is 5.10 Å². The number of rotatable bonds is 4. The fourth-order valence-corrected chi connectivity index (χ4v) is 3.76. The fraction of sp³-hybridized carbons (Fsp3) is 0.429. The highest BCUT2D eigenvalue weighted by atomic mass is 15.1. The van der Waals surface area contributed by atoms with Crippen molar-refractivity contribution >= 4 is 10.8 Å². The highest BCUT2D eigenvalue weighted by Crippen LogP contribution is 2.36. The van der Waals surface area contributed by atoms with Crippen molar-refractivity contribution in [1.82, 2.24) is 14.8 Å². The monoisotopic (exact) mass is 321 g/mol. The van der Waals surface area contributed by atoms with Crippen LogP contribution in [0.2, 0.25) is 0 Å². The Kier molecular flexibility index (Phi) is 4.20. The van der Waals surface area contributed by atoms with Crippen molar-refractivity contribution in [3.05, 3.63) is 47.8 Å². The summed E-state index contributed by atoms with van der Waals surface area (Å²) in [6, 6.07) is 12.8. The second kappa shape index (κ2) is 6.04. The lowest BCUT2D eigenvalue weighted by Crippen LogP contribution is -2.22. The maximum absolute atomic E-state index is 4.69. The standard InChI is InChI=1S/C21H27N3/c1-14(2)13-21(4,5)20-17-10-8-7-9-16(17)19(22-23-20)18-12-11-15(3)24(18)6/h7-12,14H,13H2,1-6H3. The van der Waals surface area contributed by atoms with Gasteiger partial charge in [-0.05, 0) is 31.4 Å². The third-order valence-electron chi connectivity index (χ3n) is 4.86. The van der Waals surface area contributed by atoms with E-state index >= 15 is 0 Å². The molecule has 0 fully saturated rings. The summed E-state index contributed by atoms with van der Waals surface area (Å²) in [6.07, 6.45) is 1.09. The summed E-state index contributed by atoms with van der Waals surface area (Å²) in [4.78, 5) is 0. The molecule has 2 aromatic heterocycles. The van der Waals surface area contributed by atoms with Gasteiger partial charge in [0, 0.05) is 28.9 Å². The molecule has 3 heteroatoms. The van der Waals surface area contributed by atoms with Gasteiger partial charge in [-0.1, -0.05) is 52.0 Å². The van der Waals surface area contributed by atoms with Crippen molar-refractivity contribution < 1.29 is 0 Å². The normalized spacial score (nSPS) is 12.3. The summed E-state index contributed by atoms with van der Waals surface area (Å²) in [6.45, 7) is 11.2. The van der Waals surface area contributed by atoms with Crippen LogP contribution in [0, 0.1) is 12.8 Å². The summed E-state index contributed by atoms with van der Waals surface area (Å²) >= 11 is 0. The van der Waals surface area contributed by atoms with Gasteiger partial charge in [-0.3, -0.25) is 0 Å². The number of aromatic nitrogens is 3. The maximum Gasteiger partial charge on any atom is 0.117 e. The fourth-order valence-electron chi connectivity index (χ4n) is 3.76. The molecule has 3 nitrogen and oxygen atoms in total. The van der Waals surface area contributed by atoms with Crippen molar-refractivity contribution in [3.63, 3.8) is 0 Å². The van der Waals surface area contributed by atoms with Crippen LogP contribution in [-0.2, 0) is 12.5 Å². The number of hydrogen-bond acceptors (Lipinski definition) is 2. The summed E-state index contributed by atoms with van der Waals surface area (Å²) in [5, 5.41) is 11.7. The van der Waals surface area contributed by atoms with Crippen molar-refractivity contribution in [2.45, 2.75) is 46.5 Å². The van der Waals surface area contributed by atoms with Gasteiger partial charge in [-0.15, -0.1) is 5.10 Å². The van der Waals surface area contributed by atoms with E-state index < -0.39 is 0 Å². The lowest BCUT2D eigenvalue weighted by Gasteiger charge is -2.27. The molecule has 0 aliphatic heterocycles. The van der Waals surface area contributed by atoms with E-state index in [-0.39, 0.29) is 5.41 Å². The molecule has 0 N–H and O–H groups in total. The van der Waals surface area contributed by atoms with E-state index in [9.17, 15) is 0 Å². The molecule has 24 heavy (non-hydrogen) atoms. The Morgan fingerprint density at radius 3 is 2.25 bits per heavy atom. The molecule has 0 aliphatic carbocycles. The van der Waals surface area contributed by atoms with Gasteiger partial charge >= 0.3 is 0 Å². The Balaban J connectivity index is 2.24. The highest BCUT2D eigenvalue weighted by molar-refractivity contribution is 5.95. The zero-order valence-corrected chi connectivity index (χ0v) is 15.6. The van der Waals surface area contributed by atoms with Gasteiger partial charge < -0.3 is 4.57 Å². The Morgan fingerprint density at radius 1 is 1.00 bits per heavy atom. The van der Waals surface area contributed by atoms with Crippen LogP contribution in [-0.4, -0.2) is 14.8 Å². The lowest BCUT2D eigenvalue weighted by atomic mass is 9.79. The first-order chi connectivity index (χ1) is 11.3. The highest BCUT2D eigenvalue weighted by Gasteiger charge is 2.27. The smallest absolute Gasteiger partial charge is 0.117 e. The molecule has 0 bridgehead atoms. The average molecular weight is 321 g/mol. The van der Waals surface area contributed by atoms with Crippen molar-refractivity contribution in [1.29, 1.82) is 0 Å². The molecule has 1 aromatic carbocycles. The topological polar surface area (TPSA) is 30.7 Å². The molecule has 0 spiro atoms. The largest absolute Gasteiger partial charge is 0.347 e. The molecule has 2 heterocycles. The molecule has 0 aliphatic rings. The molecule has 0 radical (unpaired) electrons. The van der Waals surface area contributed by atoms with Gasteiger partial charge in [-0.25, -0.2) is 0 Å². The van der Waals surface area contributed by atoms with Gasteiger partial charge in [0.15, 0.2) is 0 Å². The van der Waals surface area contributed by atoms with Crippen molar-refractivity contribution in [2.75, 3.05) is 0 Å². The molecule has 0 saturated heterocycles. The third kappa shape index (κ3) is 2.83. The number of nitrogens with zero attached hydrogens (tertiary/aromatic N) is 3. The molecule has 126 valence electrons. The summed E-state index contributed by atoms with van der Waals surface area (Å²) in [5.74, 6) is 0.621. The first kappa shape index (κ1) is 16.7. The quantitative estimate of drug-likeness (QED) is 0.655. The van der Waals surface area contributed by atoms with Crippen LogP contribution >= 0.6 is 0 Å². The van der Waals surface area contributed by atoms with Crippen LogP contribution in [0.4, 0.5) is 0 Å². The molecule has 3 rings (SSSR count). The zero-order chi connectivity index (χ0) is 17.5. The van der Waals surface area contributed by atoms with E-state index in [0.29, 0.717) is 5.92 Å². The van der Waals surface area contributed by atoms with Crippen LogP contribution in [0.1, 0.15) is 45.5 Å². The number of aryl methyl sites for hydroxylation is 1. The van der Waals surface area contributed by atoms with Crippen molar-refractivity contribution in [3.8, 4) is 11.4 Å². The SMILES string of the molecule is Cc1ccc(-c2nnc(C(C)(C)CC(C)C)c3ccccc23)n1C. The lowest BCUT2D eigenvalue weighted by molar-refractivity contribution is 0.391. The Bertz CT molecular complexity index is 872. The predicted molar refractivity (Wildman–Crippen MR) is 101 cm³/mol. The van der Waals surface area contributed by atoms with Gasteiger partial charge in [0.25, 0.3) is 0 Å². The maximum atomic E-state index is 4.69. The van der Waals surface area contributed by atoms with E-state index in [4.69, 9.17) is 5.10 Å². The van der Waals surface area contributed by atoms with E-state index in [1.807, 2.05) is 0 Å². The number of benzene rings is 1. The first-order valence-electron chi connectivity index (χ1n) is 8.70. The Labute approximate surface area is 144 Å². The van der Waals surface area contributed by atoms with E-state index in [1.165, 1.54) is 16.5 Å². The molecule has 0 amide bonds. The van der Waals surface area contributed by atoms with E-state index in [0.717, 1.165) is 23.5 Å². The van der Waals surface area contributed by atoms with Crippen molar-refractivity contribution in [2.24, 2.45) is 13.0 Å². The predicted octanol–water partition coefficient (Wildman–Crippen LogP) is 5.27. The zero-order valence-electron chi connectivity index (χ0n) is 15.6. The van der Waals surface area contributed by atoms with Crippen LogP contribution < -0.4 is 0 Å². The van der Waals surface area contributed by atoms with Gasteiger partial charge in [0.1, 0.15) is 5.69 Å². The minimum Gasteiger partial charge on any atom is -0.347 e. The summed E-state index contributed by atoms with van der Waals surface area (Å²) in [7, 11) is 2.08. The number of fused-ring (bicyclic) bond motifs is 1. The minimum absolute atomic E-state index is 0.00340. The molecule has 0 unspecified atom stereocenters. The Hall–Kier alpha value is -2.16. The molecule has 0 atom stereocenters. The van der Waals surface area contributed by atoms with Crippen LogP contribution in [0.15, 0.2) is 36.4 Å². The van der Waals surface area contributed by atoms with Crippen LogP contribution in [0.3, 0.4) is 0 Å². The van der Waals surface area contributed by atoms with E-state index in [2.05, 4.69) is 87.7 Å². The molecular weight excluding hydrogens is 294 g/mol. The molecule has 3 aromatic rings. The first-order valence-corrected chi connectivity index (χ1v) is 8.70. The minimum atomic E-state index is 0.00340. The molecule has 0 saturated carbocycles. The third-order valence-corrected chi connectivity index (χ3v) is 4.86. The van der Waals surface area contributed by atoms with Crippen LogP contribution in [0.25, 0.3) is 22.2 Å². The van der Waals surface area contributed by atoms with Gasteiger partial charge in [0.05, 0.1) is 11.4 Å². The second-order valence-corrected chi connectivity index (χ2v) is 7.84. The number of hydrogen-bond donors (Lipinski definition) is 0. The van der Waals surface area contributed by atoms with Gasteiger partial charge in [0.2, 0.25) is 0 Å². The van der Waals surface area contributed by atoms with E-state index in [1.54, 1.807) is 0 Å². The second-order valence-electron chi connectivity index (χ2n) is 7.84. The Morgan fingerprint density at radius 2 is 1.67 bits per heavy atom. The van der Waals surface area contributed by atoms with Crippen LogP contribution in [0.5, 0.6) is 0 Å². The summed E-state index contributed by atoms with van der Waals surface area (Å²) < 4.78 is 2.18. The molecular formula is C21H27N3.